The van der Waals surface area contributed by atoms with E-state index in [1.807, 2.05) is 24.3 Å². The molecule has 2 aromatic carbocycles. The van der Waals surface area contributed by atoms with E-state index in [0.29, 0.717) is 11.4 Å². The number of benzene rings is 2. The minimum Gasteiger partial charge on any atom is -0.233 e. The Hall–Kier alpha value is -2.70. The van der Waals surface area contributed by atoms with Crippen molar-refractivity contribution in [2.45, 2.75) is 39.0 Å². The van der Waals surface area contributed by atoms with E-state index in [4.69, 9.17) is 26.8 Å². The van der Waals surface area contributed by atoms with E-state index in [2.05, 4.69) is 31.2 Å². The van der Waals surface area contributed by atoms with Crippen LogP contribution in [0.4, 0.5) is 0 Å². The average molecular weight is 374 g/mol. The molecular weight excluding hydrogens is 354 g/mol. The summed E-state index contributed by atoms with van der Waals surface area (Å²) in [5.74, 6) is 0.756. The fourth-order valence-corrected chi connectivity index (χ4v) is 3.95. The average Bonchev–Trinajstić information content (AvgIpc) is 3.13. The second kappa shape index (κ2) is 7.50. The van der Waals surface area contributed by atoms with Crippen LogP contribution in [-0.4, -0.2) is 9.97 Å². The zero-order chi connectivity index (χ0) is 18.8. The molecule has 0 saturated heterocycles. The summed E-state index contributed by atoms with van der Waals surface area (Å²) in [5.41, 5.74) is 8.02. The lowest BCUT2D eigenvalue weighted by atomic mass is 9.98. The fraction of sp³-hybridized carbons (Fsp3) is 0.261. The Balaban J connectivity index is 1.72. The van der Waals surface area contributed by atoms with Crippen molar-refractivity contribution in [3.8, 4) is 17.5 Å². The molecule has 1 aromatic heterocycles. The summed E-state index contributed by atoms with van der Waals surface area (Å²) >= 11 is 6.16. The molecule has 0 unspecified atom stereocenters. The molecule has 4 heteroatoms. The third-order valence-corrected chi connectivity index (χ3v) is 5.38. The van der Waals surface area contributed by atoms with Gasteiger partial charge in [0.05, 0.1) is 18.2 Å². The summed E-state index contributed by atoms with van der Waals surface area (Å²) in [6.07, 6.45) is 4.43. The van der Waals surface area contributed by atoms with Crippen LogP contribution in [0.5, 0.6) is 0 Å². The van der Waals surface area contributed by atoms with Crippen LogP contribution in [0, 0.1) is 18.3 Å². The highest BCUT2D eigenvalue weighted by Gasteiger charge is 2.20. The Morgan fingerprint density at radius 3 is 2.78 bits per heavy atom. The smallest absolute Gasteiger partial charge is 0.159 e. The summed E-state index contributed by atoms with van der Waals surface area (Å²) in [6.45, 7) is 2.07. The molecule has 0 saturated carbocycles. The summed E-state index contributed by atoms with van der Waals surface area (Å²) in [6, 6.07) is 16.3. The number of hydrogen-bond acceptors (Lipinski definition) is 3. The number of aryl methyl sites for hydroxylation is 2. The van der Waals surface area contributed by atoms with Crippen molar-refractivity contribution in [2.24, 2.45) is 0 Å². The van der Waals surface area contributed by atoms with Crippen LogP contribution in [0.1, 0.15) is 40.1 Å². The van der Waals surface area contributed by atoms with Gasteiger partial charge in [-0.05, 0) is 60.6 Å². The van der Waals surface area contributed by atoms with Crippen molar-refractivity contribution in [1.82, 2.24) is 9.97 Å². The number of halogens is 1. The second-order valence-electron chi connectivity index (χ2n) is 7.06. The maximum atomic E-state index is 8.94. The molecule has 1 aliphatic carbocycles. The molecular formula is C23H20ClN3. The lowest BCUT2D eigenvalue weighted by Gasteiger charge is -2.12. The highest BCUT2D eigenvalue weighted by Crippen LogP contribution is 2.29. The SMILES string of the molecule is Cc1cc(Cc2nc(-c3cccc(Cl)c3)nc3c2CCC3)ccc1CC#N. The van der Waals surface area contributed by atoms with Gasteiger partial charge in [-0.25, -0.2) is 9.97 Å². The van der Waals surface area contributed by atoms with Crippen LogP contribution in [0.15, 0.2) is 42.5 Å². The Kier molecular flexibility index (Phi) is 4.92. The minimum atomic E-state index is 0.452. The first-order valence-corrected chi connectivity index (χ1v) is 9.62. The Morgan fingerprint density at radius 1 is 1.11 bits per heavy atom. The minimum absolute atomic E-state index is 0.452. The van der Waals surface area contributed by atoms with Gasteiger partial charge in [-0.15, -0.1) is 0 Å². The van der Waals surface area contributed by atoms with E-state index in [-0.39, 0.29) is 0 Å². The zero-order valence-electron chi connectivity index (χ0n) is 15.3. The highest BCUT2D eigenvalue weighted by atomic mass is 35.5. The first kappa shape index (κ1) is 17.7. The van der Waals surface area contributed by atoms with E-state index in [9.17, 15) is 0 Å². The Labute approximate surface area is 164 Å². The number of nitriles is 1. The van der Waals surface area contributed by atoms with Gasteiger partial charge in [0.1, 0.15) is 0 Å². The third kappa shape index (κ3) is 3.72. The predicted octanol–water partition coefficient (Wildman–Crippen LogP) is 5.25. The Morgan fingerprint density at radius 2 is 2.00 bits per heavy atom. The molecule has 0 amide bonds. The molecule has 1 aliphatic rings. The van der Waals surface area contributed by atoms with E-state index in [1.54, 1.807) is 0 Å². The molecule has 27 heavy (non-hydrogen) atoms. The standard InChI is InChI=1S/C23H20ClN3/c1-15-12-16(8-9-17(15)10-11-25)13-22-20-6-3-7-21(20)26-23(27-22)18-4-2-5-19(24)14-18/h2,4-5,8-9,12,14H,3,6-7,10,13H2,1H3. The maximum absolute atomic E-state index is 8.94. The van der Waals surface area contributed by atoms with Crippen LogP contribution in [0.3, 0.4) is 0 Å². The van der Waals surface area contributed by atoms with Gasteiger partial charge in [-0.2, -0.15) is 5.26 Å². The summed E-state index contributed by atoms with van der Waals surface area (Å²) in [7, 11) is 0. The molecule has 0 atom stereocenters. The van der Waals surface area contributed by atoms with Crippen LogP contribution in [0.25, 0.3) is 11.4 Å². The van der Waals surface area contributed by atoms with Crippen LogP contribution in [0.2, 0.25) is 5.02 Å². The van der Waals surface area contributed by atoms with Gasteiger partial charge in [0.25, 0.3) is 0 Å². The van der Waals surface area contributed by atoms with Crippen molar-refractivity contribution in [3.05, 3.63) is 81.1 Å². The second-order valence-corrected chi connectivity index (χ2v) is 7.49. The Bertz CT molecular complexity index is 1050. The van der Waals surface area contributed by atoms with Gasteiger partial charge in [0.2, 0.25) is 0 Å². The first-order chi connectivity index (χ1) is 13.1. The zero-order valence-corrected chi connectivity index (χ0v) is 16.1. The molecule has 0 bridgehead atoms. The van der Waals surface area contributed by atoms with Gasteiger partial charge in [-0.3, -0.25) is 0 Å². The van der Waals surface area contributed by atoms with Crippen LogP contribution >= 0.6 is 11.6 Å². The first-order valence-electron chi connectivity index (χ1n) is 9.24. The summed E-state index contributed by atoms with van der Waals surface area (Å²) < 4.78 is 0. The fourth-order valence-electron chi connectivity index (χ4n) is 3.76. The van der Waals surface area contributed by atoms with Gasteiger partial charge < -0.3 is 0 Å². The van der Waals surface area contributed by atoms with E-state index in [1.165, 1.54) is 16.8 Å². The molecule has 0 N–H and O–H groups in total. The molecule has 1 heterocycles. The maximum Gasteiger partial charge on any atom is 0.159 e. The third-order valence-electron chi connectivity index (χ3n) is 5.15. The van der Waals surface area contributed by atoms with E-state index >= 15 is 0 Å². The van der Waals surface area contributed by atoms with E-state index < -0.39 is 0 Å². The molecule has 0 spiro atoms. The molecule has 0 radical (unpaired) electrons. The predicted molar refractivity (Wildman–Crippen MR) is 108 cm³/mol. The normalized spacial score (nSPS) is 12.6. The molecule has 0 fully saturated rings. The summed E-state index contributed by atoms with van der Waals surface area (Å²) in [5, 5.41) is 9.63. The van der Waals surface area contributed by atoms with Gasteiger partial charge in [0, 0.05) is 22.7 Å². The van der Waals surface area contributed by atoms with Crippen molar-refractivity contribution in [2.75, 3.05) is 0 Å². The van der Waals surface area contributed by atoms with Crippen molar-refractivity contribution in [3.63, 3.8) is 0 Å². The molecule has 134 valence electrons. The number of aromatic nitrogens is 2. The van der Waals surface area contributed by atoms with Crippen LogP contribution in [-0.2, 0) is 25.7 Å². The van der Waals surface area contributed by atoms with Crippen molar-refractivity contribution in [1.29, 1.82) is 5.26 Å². The molecule has 0 aliphatic heterocycles. The van der Waals surface area contributed by atoms with Crippen LogP contribution < -0.4 is 0 Å². The topological polar surface area (TPSA) is 49.6 Å². The van der Waals surface area contributed by atoms with Gasteiger partial charge >= 0.3 is 0 Å². The largest absolute Gasteiger partial charge is 0.233 e. The lowest BCUT2D eigenvalue weighted by Crippen LogP contribution is -2.05. The lowest BCUT2D eigenvalue weighted by molar-refractivity contribution is 0.897. The van der Waals surface area contributed by atoms with Crippen molar-refractivity contribution < 1.29 is 0 Å². The van der Waals surface area contributed by atoms with Gasteiger partial charge in [0.15, 0.2) is 5.82 Å². The highest BCUT2D eigenvalue weighted by molar-refractivity contribution is 6.30. The number of nitrogens with zero attached hydrogens (tertiary/aromatic N) is 3. The number of fused-ring (bicyclic) bond motifs is 1. The number of rotatable bonds is 4. The molecule has 3 nitrogen and oxygen atoms in total. The monoisotopic (exact) mass is 373 g/mol. The van der Waals surface area contributed by atoms with Crippen molar-refractivity contribution >= 4 is 11.6 Å². The number of hydrogen-bond donors (Lipinski definition) is 0. The molecule has 3 aromatic rings. The quantitative estimate of drug-likeness (QED) is 0.627. The van der Waals surface area contributed by atoms with Gasteiger partial charge in [-0.1, -0.05) is 41.9 Å². The van der Waals surface area contributed by atoms with E-state index in [0.717, 1.165) is 53.9 Å². The summed E-state index contributed by atoms with van der Waals surface area (Å²) in [4.78, 5) is 9.73. The molecule has 4 rings (SSSR count).